The summed E-state index contributed by atoms with van der Waals surface area (Å²) in [5, 5.41) is 10.4. The topological polar surface area (TPSA) is 63.3 Å². The number of hydrogen-bond acceptors (Lipinski definition) is 3. The lowest BCUT2D eigenvalue weighted by molar-refractivity contribution is -0.137. The Morgan fingerprint density at radius 3 is 2.92 bits per heavy atom. The minimum absolute atomic E-state index is 0.0287. The van der Waals surface area contributed by atoms with E-state index in [0.29, 0.717) is 0 Å². The summed E-state index contributed by atoms with van der Waals surface area (Å²) in [6.07, 6.45) is -0.0287. The van der Waals surface area contributed by atoms with E-state index in [4.69, 9.17) is 10.8 Å². The molecule has 0 aliphatic rings. The smallest absolute Gasteiger partial charge is 0.305 e. The van der Waals surface area contributed by atoms with E-state index in [9.17, 15) is 4.79 Å². The monoisotopic (exact) mass is 249 g/mol. The Balaban J connectivity index is 2.71. The third kappa shape index (κ3) is 2.30. The van der Waals surface area contributed by atoms with Crippen LogP contribution in [0.4, 0.5) is 0 Å². The molecule has 3 N–H and O–H groups in total. The van der Waals surface area contributed by atoms with E-state index in [2.05, 4.69) is 15.9 Å². The summed E-state index contributed by atoms with van der Waals surface area (Å²) in [5.74, 6) is -0.872. The van der Waals surface area contributed by atoms with Crippen molar-refractivity contribution in [3.05, 3.63) is 20.8 Å². The largest absolute Gasteiger partial charge is 0.481 e. The maximum absolute atomic E-state index is 10.3. The van der Waals surface area contributed by atoms with Crippen LogP contribution in [0.5, 0.6) is 0 Å². The van der Waals surface area contributed by atoms with Gasteiger partial charge in [-0.05, 0) is 27.4 Å². The maximum Gasteiger partial charge on any atom is 0.305 e. The fourth-order valence-corrected chi connectivity index (χ4v) is 2.52. The van der Waals surface area contributed by atoms with Crippen molar-refractivity contribution in [2.45, 2.75) is 12.5 Å². The number of rotatable bonds is 3. The minimum atomic E-state index is -0.872. The molecule has 5 heteroatoms. The molecular weight excluding hydrogens is 242 g/mol. The van der Waals surface area contributed by atoms with Crippen LogP contribution < -0.4 is 5.73 Å². The molecule has 1 aromatic heterocycles. The fraction of sp³-hybridized carbons (Fsp3) is 0.286. The Morgan fingerprint density at radius 1 is 1.83 bits per heavy atom. The average molecular weight is 250 g/mol. The summed E-state index contributed by atoms with van der Waals surface area (Å²) < 4.78 is 0.890. The second kappa shape index (κ2) is 4.02. The van der Waals surface area contributed by atoms with Gasteiger partial charge < -0.3 is 10.8 Å². The molecule has 1 heterocycles. The van der Waals surface area contributed by atoms with Gasteiger partial charge in [-0.15, -0.1) is 11.3 Å². The van der Waals surface area contributed by atoms with Crippen LogP contribution >= 0.6 is 27.3 Å². The van der Waals surface area contributed by atoms with Crippen LogP contribution in [0.3, 0.4) is 0 Å². The third-order valence-electron chi connectivity index (χ3n) is 1.38. The molecule has 0 fully saturated rings. The molecule has 0 saturated carbocycles. The molecule has 1 atom stereocenters. The highest BCUT2D eigenvalue weighted by Crippen LogP contribution is 2.29. The molecular formula is C7H8BrNO2S. The van der Waals surface area contributed by atoms with Crippen molar-refractivity contribution >= 4 is 33.2 Å². The molecule has 0 aromatic carbocycles. The van der Waals surface area contributed by atoms with E-state index < -0.39 is 12.0 Å². The SMILES string of the molecule is N[C@@H](CC(=O)O)c1sccc1Br. The molecule has 0 bridgehead atoms. The lowest BCUT2D eigenvalue weighted by Crippen LogP contribution is -2.13. The van der Waals surface area contributed by atoms with Crippen molar-refractivity contribution < 1.29 is 9.90 Å². The number of aliphatic carboxylic acids is 1. The molecule has 1 rings (SSSR count). The maximum atomic E-state index is 10.3. The first-order valence-electron chi connectivity index (χ1n) is 3.31. The Morgan fingerprint density at radius 2 is 2.50 bits per heavy atom. The van der Waals surface area contributed by atoms with Gasteiger partial charge in [0.25, 0.3) is 0 Å². The van der Waals surface area contributed by atoms with Crippen LogP contribution in [0.2, 0.25) is 0 Å². The van der Waals surface area contributed by atoms with E-state index >= 15 is 0 Å². The molecule has 0 amide bonds. The van der Waals surface area contributed by atoms with Crippen LogP contribution in [0, 0.1) is 0 Å². The van der Waals surface area contributed by atoms with Crippen LogP contribution in [0.1, 0.15) is 17.3 Å². The Kier molecular flexibility index (Phi) is 3.25. The number of carboxylic acid groups (broad SMARTS) is 1. The van der Waals surface area contributed by atoms with Gasteiger partial charge in [0.05, 0.1) is 12.5 Å². The van der Waals surface area contributed by atoms with E-state index in [-0.39, 0.29) is 6.42 Å². The van der Waals surface area contributed by atoms with Crippen molar-refractivity contribution in [1.82, 2.24) is 0 Å². The molecule has 0 radical (unpaired) electrons. The summed E-state index contributed by atoms with van der Waals surface area (Å²) in [7, 11) is 0. The van der Waals surface area contributed by atoms with Crippen LogP contribution in [-0.2, 0) is 4.79 Å². The van der Waals surface area contributed by atoms with Crippen LogP contribution in [-0.4, -0.2) is 11.1 Å². The first-order chi connectivity index (χ1) is 5.61. The highest BCUT2D eigenvalue weighted by atomic mass is 79.9. The highest BCUT2D eigenvalue weighted by molar-refractivity contribution is 9.10. The molecule has 0 saturated heterocycles. The van der Waals surface area contributed by atoms with Crippen LogP contribution in [0.25, 0.3) is 0 Å². The molecule has 0 aliphatic heterocycles. The zero-order valence-electron chi connectivity index (χ0n) is 6.16. The Bertz CT molecular complexity index is 287. The lowest BCUT2D eigenvalue weighted by atomic mass is 10.2. The molecule has 12 heavy (non-hydrogen) atoms. The normalized spacial score (nSPS) is 12.8. The van der Waals surface area contributed by atoms with E-state index in [1.807, 2.05) is 11.4 Å². The van der Waals surface area contributed by atoms with Gasteiger partial charge in [0.1, 0.15) is 0 Å². The van der Waals surface area contributed by atoms with Crippen molar-refractivity contribution in [2.24, 2.45) is 5.73 Å². The number of nitrogens with two attached hydrogens (primary N) is 1. The molecule has 1 aromatic rings. The number of thiophene rings is 1. The minimum Gasteiger partial charge on any atom is -0.481 e. The van der Waals surface area contributed by atoms with E-state index in [1.54, 1.807) is 0 Å². The summed E-state index contributed by atoms with van der Waals surface area (Å²) in [6, 6.07) is 1.46. The number of carbonyl (C=O) groups is 1. The van der Waals surface area contributed by atoms with Crippen LogP contribution in [0.15, 0.2) is 15.9 Å². The predicted molar refractivity (Wildman–Crippen MR) is 51.2 cm³/mol. The summed E-state index contributed by atoms with van der Waals surface area (Å²) in [5.41, 5.74) is 5.64. The predicted octanol–water partition coefficient (Wildman–Crippen LogP) is 1.99. The Hall–Kier alpha value is -0.390. The van der Waals surface area contributed by atoms with Crippen molar-refractivity contribution in [3.8, 4) is 0 Å². The molecule has 0 unspecified atom stereocenters. The molecule has 3 nitrogen and oxygen atoms in total. The highest BCUT2D eigenvalue weighted by Gasteiger charge is 2.14. The second-order valence-electron chi connectivity index (χ2n) is 2.34. The Labute approximate surface area is 82.3 Å². The van der Waals surface area contributed by atoms with Gasteiger partial charge in [-0.25, -0.2) is 0 Å². The van der Waals surface area contributed by atoms with Gasteiger partial charge in [-0.3, -0.25) is 4.79 Å². The van der Waals surface area contributed by atoms with Gasteiger partial charge in [0, 0.05) is 9.35 Å². The molecule has 0 aliphatic carbocycles. The summed E-state index contributed by atoms with van der Waals surface area (Å²) in [4.78, 5) is 11.2. The lowest BCUT2D eigenvalue weighted by Gasteiger charge is -2.06. The number of halogens is 1. The summed E-state index contributed by atoms with van der Waals surface area (Å²) >= 11 is 4.76. The van der Waals surface area contributed by atoms with Gasteiger partial charge in [-0.2, -0.15) is 0 Å². The second-order valence-corrected chi connectivity index (χ2v) is 4.14. The van der Waals surface area contributed by atoms with Gasteiger partial charge >= 0.3 is 5.97 Å². The summed E-state index contributed by atoms with van der Waals surface area (Å²) in [6.45, 7) is 0. The molecule has 0 spiro atoms. The quantitative estimate of drug-likeness (QED) is 0.862. The van der Waals surface area contributed by atoms with E-state index in [0.717, 1.165) is 9.35 Å². The van der Waals surface area contributed by atoms with Crippen molar-refractivity contribution in [1.29, 1.82) is 0 Å². The number of hydrogen-bond donors (Lipinski definition) is 2. The zero-order valence-corrected chi connectivity index (χ0v) is 8.56. The molecule has 66 valence electrons. The van der Waals surface area contributed by atoms with Crippen molar-refractivity contribution in [2.75, 3.05) is 0 Å². The zero-order chi connectivity index (χ0) is 9.14. The van der Waals surface area contributed by atoms with Gasteiger partial charge in [-0.1, -0.05) is 0 Å². The third-order valence-corrected chi connectivity index (χ3v) is 3.38. The first-order valence-corrected chi connectivity index (χ1v) is 4.99. The standard InChI is InChI=1S/C7H8BrNO2S/c8-4-1-2-12-7(4)5(9)3-6(10)11/h1-2,5H,3,9H2,(H,10,11)/t5-/m0/s1. The van der Waals surface area contributed by atoms with Crippen molar-refractivity contribution in [3.63, 3.8) is 0 Å². The first kappa shape index (κ1) is 9.70. The fourth-order valence-electron chi connectivity index (χ4n) is 0.851. The average Bonchev–Trinajstić information content (AvgIpc) is 2.33. The van der Waals surface area contributed by atoms with Gasteiger partial charge in [0.2, 0.25) is 0 Å². The number of carboxylic acids is 1. The van der Waals surface area contributed by atoms with E-state index in [1.165, 1.54) is 11.3 Å². The van der Waals surface area contributed by atoms with Gasteiger partial charge in [0.15, 0.2) is 0 Å².